The van der Waals surface area contributed by atoms with E-state index in [9.17, 15) is 4.79 Å². The fraction of sp³-hybridized carbons (Fsp3) is 0.381. The first-order valence-electron chi connectivity index (χ1n) is 9.23. The zero-order valence-corrected chi connectivity index (χ0v) is 17.5. The Morgan fingerprint density at radius 1 is 1.15 bits per heavy atom. The molecule has 1 heterocycles. The van der Waals surface area contributed by atoms with Crippen molar-refractivity contribution in [3.63, 3.8) is 0 Å². The fourth-order valence-corrected chi connectivity index (χ4v) is 3.70. The van der Waals surface area contributed by atoms with Crippen LogP contribution in [0.25, 0.3) is 0 Å². The lowest BCUT2D eigenvalue weighted by atomic mass is 9.95. The van der Waals surface area contributed by atoms with Crippen molar-refractivity contribution in [3.8, 4) is 5.75 Å². The highest BCUT2D eigenvalue weighted by molar-refractivity contribution is 9.10. The van der Waals surface area contributed by atoms with E-state index in [0.29, 0.717) is 23.9 Å². The Kier molecular flexibility index (Phi) is 7.56. The average molecular weight is 452 g/mol. The van der Waals surface area contributed by atoms with Crippen LogP contribution in [-0.4, -0.2) is 37.0 Å². The molecular weight excluding hydrogens is 428 g/mol. The highest BCUT2D eigenvalue weighted by Crippen LogP contribution is 2.23. The van der Waals surface area contributed by atoms with E-state index >= 15 is 0 Å². The molecule has 2 aromatic rings. The van der Waals surface area contributed by atoms with Gasteiger partial charge in [0.2, 0.25) is 5.91 Å². The number of para-hydroxylation sites is 1. The Morgan fingerprint density at radius 2 is 1.85 bits per heavy atom. The van der Waals surface area contributed by atoms with Crippen LogP contribution in [-0.2, 0) is 11.3 Å². The maximum absolute atomic E-state index is 12.4. The molecule has 0 atom stereocenters. The van der Waals surface area contributed by atoms with E-state index in [1.54, 1.807) is 6.07 Å². The SMILES string of the molecule is O=C(NCCOc1ccccc1Cl)C1CCN(Cc2ccc(Br)cc2)CC1. The monoisotopic (exact) mass is 450 g/mol. The van der Waals surface area contributed by atoms with E-state index in [2.05, 4.69) is 50.4 Å². The number of amides is 1. The second kappa shape index (κ2) is 10.1. The summed E-state index contributed by atoms with van der Waals surface area (Å²) in [5.74, 6) is 0.863. The molecule has 1 aliphatic rings. The van der Waals surface area contributed by atoms with Crippen molar-refractivity contribution in [3.05, 3.63) is 63.6 Å². The lowest BCUT2D eigenvalue weighted by molar-refractivity contribution is -0.126. The van der Waals surface area contributed by atoms with Crippen molar-refractivity contribution in [2.45, 2.75) is 19.4 Å². The number of carbonyl (C=O) groups excluding carboxylic acids is 1. The predicted molar refractivity (Wildman–Crippen MR) is 112 cm³/mol. The van der Waals surface area contributed by atoms with Crippen LogP contribution in [0.15, 0.2) is 53.0 Å². The van der Waals surface area contributed by atoms with Gasteiger partial charge in [0.1, 0.15) is 12.4 Å². The number of piperidine rings is 1. The van der Waals surface area contributed by atoms with Crippen LogP contribution in [0, 0.1) is 5.92 Å². The van der Waals surface area contributed by atoms with Gasteiger partial charge in [0.25, 0.3) is 0 Å². The lowest BCUT2D eigenvalue weighted by Gasteiger charge is -2.31. The van der Waals surface area contributed by atoms with Gasteiger partial charge in [-0.3, -0.25) is 9.69 Å². The molecule has 3 rings (SSSR count). The topological polar surface area (TPSA) is 41.6 Å². The molecule has 1 amide bonds. The first kappa shape index (κ1) is 20.2. The highest BCUT2D eigenvalue weighted by atomic mass is 79.9. The molecule has 0 spiro atoms. The quantitative estimate of drug-likeness (QED) is 0.630. The molecule has 27 heavy (non-hydrogen) atoms. The van der Waals surface area contributed by atoms with Crippen molar-refractivity contribution in [2.75, 3.05) is 26.2 Å². The lowest BCUT2D eigenvalue weighted by Crippen LogP contribution is -2.41. The minimum atomic E-state index is 0.0893. The number of rotatable bonds is 7. The van der Waals surface area contributed by atoms with Gasteiger partial charge in [0.15, 0.2) is 0 Å². The number of halogens is 2. The number of ether oxygens (including phenoxy) is 1. The number of nitrogens with one attached hydrogen (secondary N) is 1. The van der Waals surface area contributed by atoms with Gasteiger partial charge in [-0.15, -0.1) is 0 Å². The van der Waals surface area contributed by atoms with Crippen molar-refractivity contribution in [1.29, 1.82) is 0 Å². The number of nitrogens with zero attached hydrogens (tertiary/aromatic N) is 1. The predicted octanol–water partition coefficient (Wildman–Crippen LogP) is 4.51. The van der Waals surface area contributed by atoms with Gasteiger partial charge in [0, 0.05) is 16.9 Å². The molecule has 1 fully saturated rings. The van der Waals surface area contributed by atoms with Crippen LogP contribution < -0.4 is 10.1 Å². The summed E-state index contributed by atoms with van der Waals surface area (Å²) in [5, 5.41) is 3.57. The summed E-state index contributed by atoms with van der Waals surface area (Å²) in [4.78, 5) is 14.8. The van der Waals surface area contributed by atoms with Crippen molar-refractivity contribution < 1.29 is 9.53 Å². The molecular formula is C21H24BrClN2O2. The first-order valence-corrected chi connectivity index (χ1v) is 10.4. The van der Waals surface area contributed by atoms with Gasteiger partial charge in [-0.25, -0.2) is 0 Å². The molecule has 0 unspecified atom stereocenters. The van der Waals surface area contributed by atoms with Crippen molar-refractivity contribution >= 4 is 33.4 Å². The zero-order chi connectivity index (χ0) is 19.1. The minimum absolute atomic E-state index is 0.0893. The van der Waals surface area contributed by atoms with Gasteiger partial charge in [0.05, 0.1) is 11.6 Å². The molecule has 4 nitrogen and oxygen atoms in total. The molecule has 1 aliphatic heterocycles. The molecule has 144 valence electrons. The van der Waals surface area contributed by atoms with E-state index in [0.717, 1.165) is 36.9 Å². The van der Waals surface area contributed by atoms with Crippen LogP contribution in [0.4, 0.5) is 0 Å². The molecule has 0 bridgehead atoms. The Labute approximate surface area is 174 Å². The number of carbonyl (C=O) groups is 1. The van der Waals surface area contributed by atoms with E-state index in [1.807, 2.05) is 18.2 Å². The summed E-state index contributed by atoms with van der Waals surface area (Å²) in [6.07, 6.45) is 1.79. The van der Waals surface area contributed by atoms with E-state index < -0.39 is 0 Å². The standard InChI is InChI=1S/C21H24BrClN2O2/c22-18-7-5-16(6-8-18)15-25-12-9-17(10-13-25)21(26)24-11-14-27-20-4-2-1-3-19(20)23/h1-8,17H,9-15H2,(H,24,26). The second-order valence-electron chi connectivity index (χ2n) is 6.75. The largest absolute Gasteiger partial charge is 0.490 e. The van der Waals surface area contributed by atoms with E-state index in [4.69, 9.17) is 16.3 Å². The number of hydrogen-bond acceptors (Lipinski definition) is 3. The molecule has 0 aromatic heterocycles. The summed E-state index contributed by atoms with van der Waals surface area (Å²) >= 11 is 9.51. The number of benzene rings is 2. The van der Waals surface area contributed by atoms with Crippen LogP contribution in [0.2, 0.25) is 5.02 Å². The van der Waals surface area contributed by atoms with Crippen LogP contribution >= 0.6 is 27.5 Å². The van der Waals surface area contributed by atoms with Gasteiger partial charge in [-0.05, 0) is 55.8 Å². The highest BCUT2D eigenvalue weighted by Gasteiger charge is 2.24. The molecule has 1 saturated heterocycles. The third-order valence-electron chi connectivity index (χ3n) is 4.77. The summed E-state index contributed by atoms with van der Waals surface area (Å²) in [6.45, 7) is 3.74. The first-order chi connectivity index (χ1) is 13.1. The Bertz CT molecular complexity index is 746. The van der Waals surface area contributed by atoms with Crippen molar-refractivity contribution in [1.82, 2.24) is 10.2 Å². The maximum Gasteiger partial charge on any atom is 0.223 e. The summed E-state index contributed by atoms with van der Waals surface area (Å²) in [5.41, 5.74) is 1.30. The third kappa shape index (κ3) is 6.23. The van der Waals surface area contributed by atoms with E-state index in [1.165, 1.54) is 5.56 Å². The Hall–Kier alpha value is -1.56. The second-order valence-corrected chi connectivity index (χ2v) is 8.07. The smallest absolute Gasteiger partial charge is 0.223 e. The normalized spacial score (nSPS) is 15.5. The summed E-state index contributed by atoms with van der Waals surface area (Å²) < 4.78 is 6.71. The van der Waals surface area contributed by atoms with Gasteiger partial charge >= 0.3 is 0 Å². The zero-order valence-electron chi connectivity index (χ0n) is 15.2. The van der Waals surface area contributed by atoms with Crippen LogP contribution in [0.1, 0.15) is 18.4 Å². The van der Waals surface area contributed by atoms with Gasteiger partial charge in [-0.2, -0.15) is 0 Å². The number of likely N-dealkylation sites (tertiary alicyclic amines) is 1. The van der Waals surface area contributed by atoms with E-state index in [-0.39, 0.29) is 11.8 Å². The molecule has 6 heteroatoms. The third-order valence-corrected chi connectivity index (χ3v) is 5.61. The Morgan fingerprint density at radius 3 is 2.56 bits per heavy atom. The maximum atomic E-state index is 12.4. The summed E-state index contributed by atoms with van der Waals surface area (Å²) in [6, 6.07) is 15.8. The molecule has 0 aliphatic carbocycles. The van der Waals surface area contributed by atoms with Crippen LogP contribution in [0.5, 0.6) is 5.75 Å². The van der Waals surface area contributed by atoms with Crippen LogP contribution in [0.3, 0.4) is 0 Å². The van der Waals surface area contributed by atoms with Crippen molar-refractivity contribution in [2.24, 2.45) is 5.92 Å². The van der Waals surface area contributed by atoms with Gasteiger partial charge < -0.3 is 10.1 Å². The summed E-state index contributed by atoms with van der Waals surface area (Å²) in [7, 11) is 0. The Balaban J connectivity index is 1.34. The fourth-order valence-electron chi connectivity index (χ4n) is 3.24. The average Bonchev–Trinajstić information content (AvgIpc) is 2.69. The molecule has 1 N–H and O–H groups in total. The molecule has 0 radical (unpaired) electrons. The van der Waals surface area contributed by atoms with Gasteiger partial charge in [-0.1, -0.05) is 51.8 Å². The number of hydrogen-bond donors (Lipinski definition) is 1. The minimum Gasteiger partial charge on any atom is -0.490 e. The molecule has 2 aromatic carbocycles. The molecule has 0 saturated carbocycles.